The number of halogens is 1. The van der Waals surface area contributed by atoms with Crippen LogP contribution in [0.25, 0.3) is 0 Å². The Kier molecular flexibility index (Phi) is 7.40. The minimum absolute atomic E-state index is 0.0408. The number of amides is 1. The molecule has 1 aromatic heterocycles. The second-order valence-corrected chi connectivity index (χ2v) is 8.41. The maximum absolute atomic E-state index is 13.1. The summed E-state index contributed by atoms with van der Waals surface area (Å²) in [5, 5.41) is 0.481. The Hall–Kier alpha value is -3.06. The van der Waals surface area contributed by atoms with Gasteiger partial charge in [0.1, 0.15) is 5.76 Å². The maximum Gasteiger partial charge on any atom is 0.373 e. The van der Waals surface area contributed by atoms with Crippen molar-refractivity contribution in [2.24, 2.45) is 5.92 Å². The van der Waals surface area contributed by atoms with Gasteiger partial charge in [-0.25, -0.2) is 9.59 Å². The van der Waals surface area contributed by atoms with E-state index in [1.807, 2.05) is 26.0 Å². The Bertz CT molecular complexity index is 1050. The lowest BCUT2D eigenvalue weighted by molar-refractivity contribution is -0.141. The smallest absolute Gasteiger partial charge is 0.373 e. The molecule has 0 radical (unpaired) electrons. The van der Waals surface area contributed by atoms with Crippen LogP contribution in [0, 0.1) is 5.92 Å². The van der Waals surface area contributed by atoms with Crippen molar-refractivity contribution >= 4 is 29.4 Å². The lowest BCUT2D eigenvalue weighted by Crippen LogP contribution is -2.38. The second kappa shape index (κ2) is 10.0. The highest BCUT2D eigenvalue weighted by atomic mass is 35.5. The average molecular weight is 460 g/mol. The number of carbonyl (C=O) groups is 3. The fourth-order valence-corrected chi connectivity index (χ4v) is 3.91. The number of allylic oxidation sites excluding steroid dienone is 1. The van der Waals surface area contributed by atoms with Crippen LogP contribution in [-0.2, 0) is 25.6 Å². The van der Waals surface area contributed by atoms with E-state index >= 15 is 0 Å². The highest BCUT2D eigenvalue weighted by molar-refractivity contribution is 6.31. The van der Waals surface area contributed by atoms with Gasteiger partial charge in [0.2, 0.25) is 11.7 Å². The highest BCUT2D eigenvalue weighted by Gasteiger charge is 2.38. The molecular weight excluding hydrogens is 434 g/mol. The SMILES string of the molecule is COC(=O)c1ccc(CN2C(=O)CC(c3ccccc3Cl)C(C(=O)OCC(C)C)=C2C)o1. The molecule has 0 saturated carbocycles. The lowest BCUT2D eigenvalue weighted by Gasteiger charge is -2.34. The number of ether oxygens (including phenoxy) is 2. The molecule has 0 bridgehead atoms. The molecule has 7 nitrogen and oxygen atoms in total. The summed E-state index contributed by atoms with van der Waals surface area (Å²) >= 11 is 6.40. The Morgan fingerprint density at radius 3 is 2.56 bits per heavy atom. The summed E-state index contributed by atoms with van der Waals surface area (Å²) in [4.78, 5) is 39.3. The molecule has 32 heavy (non-hydrogen) atoms. The van der Waals surface area contributed by atoms with E-state index in [4.69, 9.17) is 20.8 Å². The van der Waals surface area contributed by atoms with Gasteiger partial charge < -0.3 is 18.8 Å². The van der Waals surface area contributed by atoms with Crippen molar-refractivity contribution in [1.29, 1.82) is 0 Å². The Balaban J connectivity index is 1.99. The van der Waals surface area contributed by atoms with E-state index in [2.05, 4.69) is 4.74 Å². The third kappa shape index (κ3) is 5.05. The number of esters is 2. The Morgan fingerprint density at radius 1 is 1.19 bits per heavy atom. The monoisotopic (exact) mass is 459 g/mol. The molecule has 2 heterocycles. The predicted octanol–water partition coefficient (Wildman–Crippen LogP) is 4.71. The van der Waals surface area contributed by atoms with Gasteiger partial charge in [0.15, 0.2) is 0 Å². The van der Waals surface area contributed by atoms with E-state index in [-0.39, 0.29) is 37.2 Å². The Labute approximate surface area is 191 Å². The zero-order valence-corrected chi connectivity index (χ0v) is 19.3. The van der Waals surface area contributed by atoms with E-state index in [1.165, 1.54) is 18.1 Å². The molecule has 1 aliphatic heterocycles. The molecule has 1 unspecified atom stereocenters. The van der Waals surface area contributed by atoms with Crippen LogP contribution in [0.1, 0.15) is 55.0 Å². The molecule has 0 spiro atoms. The van der Waals surface area contributed by atoms with E-state index in [9.17, 15) is 14.4 Å². The van der Waals surface area contributed by atoms with Crippen molar-refractivity contribution in [2.75, 3.05) is 13.7 Å². The van der Waals surface area contributed by atoms with Gasteiger partial charge in [-0.1, -0.05) is 43.6 Å². The van der Waals surface area contributed by atoms with Gasteiger partial charge in [-0.3, -0.25) is 4.79 Å². The molecular formula is C24H26ClNO6. The minimum atomic E-state index is -0.606. The standard InChI is InChI=1S/C24H26ClNO6/c1-14(2)13-31-24(29)22-15(3)26(12-16-9-10-20(32-16)23(28)30-4)21(27)11-18(22)17-7-5-6-8-19(17)25/h5-10,14,18H,11-13H2,1-4H3. The number of hydrogen-bond acceptors (Lipinski definition) is 6. The summed E-state index contributed by atoms with van der Waals surface area (Å²) in [6, 6.07) is 10.3. The van der Waals surface area contributed by atoms with E-state index in [0.29, 0.717) is 27.6 Å². The van der Waals surface area contributed by atoms with Crippen molar-refractivity contribution in [2.45, 2.75) is 39.7 Å². The van der Waals surface area contributed by atoms with Crippen molar-refractivity contribution in [1.82, 2.24) is 4.90 Å². The molecule has 3 rings (SSSR count). The molecule has 1 aliphatic rings. The minimum Gasteiger partial charge on any atom is -0.463 e. The van der Waals surface area contributed by atoms with Crippen LogP contribution in [0.4, 0.5) is 0 Å². The fraction of sp³-hybridized carbons (Fsp3) is 0.375. The van der Waals surface area contributed by atoms with Crippen molar-refractivity contribution in [3.63, 3.8) is 0 Å². The van der Waals surface area contributed by atoms with Gasteiger partial charge in [0.05, 0.1) is 25.8 Å². The molecule has 8 heteroatoms. The summed E-state index contributed by atoms with van der Waals surface area (Å²) in [7, 11) is 1.26. The summed E-state index contributed by atoms with van der Waals surface area (Å²) < 4.78 is 15.7. The maximum atomic E-state index is 13.1. The van der Waals surface area contributed by atoms with Crippen LogP contribution < -0.4 is 0 Å². The van der Waals surface area contributed by atoms with Crippen LogP contribution in [0.2, 0.25) is 5.02 Å². The topological polar surface area (TPSA) is 86.0 Å². The summed E-state index contributed by atoms with van der Waals surface area (Å²) in [5.74, 6) is -1.19. The molecule has 0 saturated heterocycles. The lowest BCUT2D eigenvalue weighted by atomic mass is 9.83. The van der Waals surface area contributed by atoms with Crippen LogP contribution in [0.3, 0.4) is 0 Å². The zero-order chi connectivity index (χ0) is 23.4. The van der Waals surface area contributed by atoms with Gasteiger partial charge >= 0.3 is 11.9 Å². The van der Waals surface area contributed by atoms with E-state index in [1.54, 1.807) is 25.1 Å². The summed E-state index contributed by atoms with van der Waals surface area (Å²) in [6.07, 6.45) is 0.0533. The van der Waals surface area contributed by atoms with Gasteiger partial charge in [-0.05, 0) is 36.6 Å². The molecule has 1 amide bonds. The predicted molar refractivity (Wildman–Crippen MR) is 118 cm³/mol. The number of benzene rings is 1. The van der Waals surface area contributed by atoms with Crippen molar-refractivity contribution < 1.29 is 28.3 Å². The molecule has 0 N–H and O–H groups in total. The third-order valence-corrected chi connectivity index (χ3v) is 5.58. The summed E-state index contributed by atoms with van der Waals surface area (Å²) in [6.45, 7) is 5.94. The van der Waals surface area contributed by atoms with Gasteiger partial charge in [0.25, 0.3) is 0 Å². The third-order valence-electron chi connectivity index (χ3n) is 5.23. The quantitative estimate of drug-likeness (QED) is 0.557. The normalized spacial score (nSPS) is 16.5. The Morgan fingerprint density at radius 2 is 1.91 bits per heavy atom. The van der Waals surface area contributed by atoms with Crippen molar-refractivity contribution in [3.8, 4) is 0 Å². The molecule has 170 valence electrons. The number of rotatable bonds is 7. The fourth-order valence-electron chi connectivity index (χ4n) is 3.64. The first kappa shape index (κ1) is 23.6. The number of nitrogens with zero attached hydrogens (tertiary/aromatic N) is 1. The van der Waals surface area contributed by atoms with Crippen LogP contribution >= 0.6 is 11.6 Å². The first-order chi connectivity index (χ1) is 15.2. The second-order valence-electron chi connectivity index (χ2n) is 8.01. The number of carbonyl (C=O) groups excluding carboxylic acids is 3. The van der Waals surface area contributed by atoms with Crippen LogP contribution in [-0.4, -0.2) is 36.5 Å². The molecule has 0 fully saturated rings. The molecule has 2 aromatic rings. The van der Waals surface area contributed by atoms with Gasteiger partial charge in [0, 0.05) is 23.1 Å². The first-order valence-corrected chi connectivity index (χ1v) is 10.7. The highest BCUT2D eigenvalue weighted by Crippen LogP contribution is 2.40. The van der Waals surface area contributed by atoms with Gasteiger partial charge in [-0.15, -0.1) is 0 Å². The zero-order valence-electron chi connectivity index (χ0n) is 18.5. The molecule has 1 aromatic carbocycles. The van der Waals surface area contributed by atoms with Crippen LogP contribution in [0.5, 0.6) is 0 Å². The summed E-state index contributed by atoms with van der Waals surface area (Å²) in [5.41, 5.74) is 1.55. The van der Waals surface area contributed by atoms with Gasteiger partial charge in [-0.2, -0.15) is 0 Å². The first-order valence-electron chi connectivity index (χ1n) is 10.3. The number of furan rings is 1. The average Bonchev–Trinajstić information content (AvgIpc) is 3.23. The largest absolute Gasteiger partial charge is 0.463 e. The van der Waals surface area contributed by atoms with E-state index in [0.717, 1.165) is 0 Å². The van der Waals surface area contributed by atoms with Crippen LogP contribution in [0.15, 0.2) is 52.1 Å². The number of methoxy groups -OCH3 is 1. The molecule has 1 atom stereocenters. The number of hydrogen-bond donors (Lipinski definition) is 0. The van der Waals surface area contributed by atoms with Crippen molar-refractivity contribution in [3.05, 3.63) is 69.8 Å². The van der Waals surface area contributed by atoms with E-state index < -0.39 is 17.9 Å². The molecule has 0 aliphatic carbocycles.